The van der Waals surface area contributed by atoms with Gasteiger partial charge in [0.2, 0.25) is 0 Å². The van der Waals surface area contributed by atoms with Gasteiger partial charge in [0.1, 0.15) is 5.82 Å². The van der Waals surface area contributed by atoms with E-state index >= 15 is 0 Å². The zero-order valence-electron chi connectivity index (χ0n) is 10.0. The predicted molar refractivity (Wildman–Crippen MR) is 67.1 cm³/mol. The topological polar surface area (TPSA) is 97.8 Å². The van der Waals surface area contributed by atoms with E-state index in [1.165, 1.54) is 12.1 Å². The molecule has 0 atom stereocenters. The molecule has 1 aromatic heterocycles. The number of H-pyrrole nitrogens is 1. The van der Waals surface area contributed by atoms with E-state index in [1.54, 1.807) is 12.1 Å². The molecule has 0 unspecified atom stereocenters. The SMILES string of the molecule is Cc1[nH]c(CN)nc1Cc1ccc([N+](=O)[O-])cc1. The predicted octanol–water partition coefficient (Wildman–Crippen LogP) is 1.68. The Labute approximate surface area is 104 Å². The molecular weight excluding hydrogens is 232 g/mol. The van der Waals surface area contributed by atoms with Crippen molar-refractivity contribution in [1.82, 2.24) is 9.97 Å². The molecule has 0 saturated carbocycles. The zero-order chi connectivity index (χ0) is 13.1. The van der Waals surface area contributed by atoms with Gasteiger partial charge in [0.05, 0.1) is 17.2 Å². The number of nitrogens with two attached hydrogens (primary N) is 1. The highest BCUT2D eigenvalue weighted by Crippen LogP contribution is 2.16. The van der Waals surface area contributed by atoms with E-state index in [0.29, 0.717) is 13.0 Å². The molecule has 18 heavy (non-hydrogen) atoms. The Kier molecular flexibility index (Phi) is 3.38. The van der Waals surface area contributed by atoms with E-state index in [2.05, 4.69) is 9.97 Å². The second-order valence-electron chi connectivity index (χ2n) is 4.06. The maximum Gasteiger partial charge on any atom is 0.269 e. The summed E-state index contributed by atoms with van der Waals surface area (Å²) >= 11 is 0. The van der Waals surface area contributed by atoms with Crippen molar-refractivity contribution in [1.29, 1.82) is 0 Å². The lowest BCUT2D eigenvalue weighted by Crippen LogP contribution is -1.98. The summed E-state index contributed by atoms with van der Waals surface area (Å²) in [5.41, 5.74) is 8.49. The third-order valence-corrected chi connectivity index (χ3v) is 2.75. The molecule has 0 bridgehead atoms. The van der Waals surface area contributed by atoms with Gasteiger partial charge in [-0.2, -0.15) is 0 Å². The minimum Gasteiger partial charge on any atom is -0.345 e. The molecule has 0 saturated heterocycles. The fraction of sp³-hybridized carbons (Fsp3) is 0.250. The highest BCUT2D eigenvalue weighted by molar-refractivity contribution is 5.35. The maximum absolute atomic E-state index is 10.5. The Balaban J connectivity index is 2.17. The van der Waals surface area contributed by atoms with Crippen LogP contribution >= 0.6 is 0 Å². The summed E-state index contributed by atoms with van der Waals surface area (Å²) in [5.74, 6) is 0.754. The number of hydrogen-bond acceptors (Lipinski definition) is 4. The Morgan fingerprint density at radius 3 is 2.56 bits per heavy atom. The van der Waals surface area contributed by atoms with Crippen LogP contribution in [-0.4, -0.2) is 14.9 Å². The Hall–Kier alpha value is -2.21. The van der Waals surface area contributed by atoms with Crippen LogP contribution in [0, 0.1) is 17.0 Å². The Morgan fingerprint density at radius 1 is 1.39 bits per heavy atom. The van der Waals surface area contributed by atoms with Crippen molar-refractivity contribution in [2.24, 2.45) is 5.73 Å². The van der Waals surface area contributed by atoms with Gasteiger partial charge in [0, 0.05) is 24.2 Å². The molecule has 0 amide bonds. The van der Waals surface area contributed by atoms with Crippen LogP contribution in [0.15, 0.2) is 24.3 Å². The molecular formula is C12H14N4O2. The molecule has 1 aromatic carbocycles. The first kappa shape index (κ1) is 12.3. The second-order valence-corrected chi connectivity index (χ2v) is 4.06. The van der Waals surface area contributed by atoms with Crippen molar-refractivity contribution in [3.8, 4) is 0 Å². The van der Waals surface area contributed by atoms with Crippen LogP contribution in [0.1, 0.15) is 22.8 Å². The van der Waals surface area contributed by atoms with Crippen LogP contribution in [0.5, 0.6) is 0 Å². The standard InChI is InChI=1S/C12H14N4O2/c1-8-11(15-12(7-13)14-8)6-9-2-4-10(5-3-9)16(17)18/h2-5H,6-7,13H2,1H3,(H,14,15). The lowest BCUT2D eigenvalue weighted by Gasteiger charge is -1.99. The van der Waals surface area contributed by atoms with Crippen molar-refractivity contribution < 1.29 is 4.92 Å². The first-order valence-corrected chi connectivity index (χ1v) is 5.58. The molecule has 0 radical (unpaired) electrons. The minimum atomic E-state index is -0.407. The molecule has 3 N–H and O–H groups in total. The molecule has 0 aliphatic rings. The molecule has 6 heteroatoms. The van der Waals surface area contributed by atoms with Crippen LogP contribution in [0.3, 0.4) is 0 Å². The van der Waals surface area contributed by atoms with Gasteiger partial charge < -0.3 is 10.7 Å². The average Bonchev–Trinajstić information content (AvgIpc) is 2.71. The highest BCUT2D eigenvalue weighted by Gasteiger charge is 2.08. The maximum atomic E-state index is 10.5. The summed E-state index contributed by atoms with van der Waals surface area (Å²) in [6.07, 6.45) is 0.639. The van der Waals surface area contributed by atoms with Crippen molar-refractivity contribution in [3.05, 3.63) is 57.2 Å². The van der Waals surface area contributed by atoms with Gasteiger partial charge in [-0.25, -0.2) is 4.98 Å². The zero-order valence-corrected chi connectivity index (χ0v) is 10.0. The number of nitro benzene ring substituents is 1. The molecule has 0 spiro atoms. The van der Waals surface area contributed by atoms with Crippen LogP contribution in [-0.2, 0) is 13.0 Å². The fourth-order valence-corrected chi connectivity index (χ4v) is 1.76. The van der Waals surface area contributed by atoms with E-state index < -0.39 is 4.92 Å². The summed E-state index contributed by atoms with van der Waals surface area (Å²) in [4.78, 5) is 17.6. The summed E-state index contributed by atoms with van der Waals surface area (Å²) in [6.45, 7) is 2.31. The number of hydrogen-bond donors (Lipinski definition) is 2. The monoisotopic (exact) mass is 246 g/mol. The van der Waals surface area contributed by atoms with Gasteiger partial charge in [0.15, 0.2) is 0 Å². The van der Waals surface area contributed by atoms with E-state index in [-0.39, 0.29) is 5.69 Å². The van der Waals surface area contributed by atoms with Crippen molar-refractivity contribution >= 4 is 5.69 Å². The third kappa shape index (κ3) is 2.54. The van der Waals surface area contributed by atoms with Crippen LogP contribution < -0.4 is 5.73 Å². The minimum absolute atomic E-state index is 0.0974. The van der Waals surface area contributed by atoms with Gasteiger partial charge in [-0.3, -0.25) is 10.1 Å². The van der Waals surface area contributed by atoms with Crippen molar-refractivity contribution in [2.75, 3.05) is 0 Å². The molecule has 6 nitrogen and oxygen atoms in total. The smallest absolute Gasteiger partial charge is 0.269 e. The fourth-order valence-electron chi connectivity index (χ4n) is 1.76. The third-order valence-electron chi connectivity index (χ3n) is 2.75. The Bertz CT molecular complexity index is 560. The molecule has 0 aliphatic heterocycles. The normalized spacial score (nSPS) is 10.6. The number of nitro groups is 1. The molecule has 94 valence electrons. The van der Waals surface area contributed by atoms with Crippen LogP contribution in [0.25, 0.3) is 0 Å². The lowest BCUT2D eigenvalue weighted by atomic mass is 10.1. The lowest BCUT2D eigenvalue weighted by molar-refractivity contribution is -0.384. The van der Waals surface area contributed by atoms with E-state index in [4.69, 9.17) is 5.73 Å². The first-order chi connectivity index (χ1) is 8.60. The van der Waals surface area contributed by atoms with Gasteiger partial charge in [-0.15, -0.1) is 0 Å². The van der Waals surface area contributed by atoms with Gasteiger partial charge in [-0.05, 0) is 12.5 Å². The second kappa shape index (κ2) is 4.97. The number of imidazole rings is 1. The van der Waals surface area contributed by atoms with Crippen molar-refractivity contribution in [2.45, 2.75) is 19.9 Å². The number of nitrogens with zero attached hydrogens (tertiary/aromatic N) is 2. The van der Waals surface area contributed by atoms with Crippen molar-refractivity contribution in [3.63, 3.8) is 0 Å². The Morgan fingerprint density at radius 2 is 2.06 bits per heavy atom. The van der Waals surface area contributed by atoms with Gasteiger partial charge in [0.25, 0.3) is 5.69 Å². The van der Waals surface area contributed by atoms with Gasteiger partial charge in [-0.1, -0.05) is 12.1 Å². The number of rotatable bonds is 4. The molecule has 0 fully saturated rings. The van der Waals surface area contributed by atoms with E-state index in [1.807, 2.05) is 6.92 Å². The molecule has 2 aromatic rings. The number of nitrogens with one attached hydrogen (secondary N) is 1. The number of aromatic amines is 1. The quantitative estimate of drug-likeness (QED) is 0.633. The van der Waals surface area contributed by atoms with Gasteiger partial charge >= 0.3 is 0 Å². The number of aryl methyl sites for hydroxylation is 1. The number of benzene rings is 1. The largest absolute Gasteiger partial charge is 0.345 e. The summed E-state index contributed by atoms with van der Waals surface area (Å²) in [5, 5.41) is 10.5. The number of non-ortho nitro benzene ring substituents is 1. The summed E-state index contributed by atoms with van der Waals surface area (Å²) in [6, 6.07) is 6.49. The first-order valence-electron chi connectivity index (χ1n) is 5.58. The molecule has 2 rings (SSSR count). The molecule has 1 heterocycles. The summed E-state index contributed by atoms with van der Waals surface area (Å²) in [7, 11) is 0. The average molecular weight is 246 g/mol. The highest BCUT2D eigenvalue weighted by atomic mass is 16.6. The van der Waals surface area contributed by atoms with E-state index in [0.717, 1.165) is 22.8 Å². The number of aromatic nitrogens is 2. The van der Waals surface area contributed by atoms with Crippen LogP contribution in [0.2, 0.25) is 0 Å². The van der Waals surface area contributed by atoms with Crippen LogP contribution in [0.4, 0.5) is 5.69 Å². The van der Waals surface area contributed by atoms with E-state index in [9.17, 15) is 10.1 Å². The molecule has 0 aliphatic carbocycles. The summed E-state index contributed by atoms with van der Waals surface area (Å²) < 4.78 is 0.